The molecule has 23 heavy (non-hydrogen) atoms. The number of guanidine groups is 1. The first kappa shape index (κ1) is 19.8. The number of hydrogen-bond acceptors (Lipinski definition) is 4. The molecule has 0 aliphatic carbocycles. The van der Waals surface area contributed by atoms with Crippen molar-refractivity contribution in [2.45, 2.75) is 25.3 Å². The number of hydrogen-bond donors (Lipinski definition) is 1. The standard InChI is InChI=1S/C16H27N3O2S2/c1-5-17-16(18-11-12-23(20,21)6-2)19(3)13-14-7-9-15(22-4)10-8-14/h7-10H,5-6,11-13H2,1-4H3,(H,17,18). The molecule has 0 heterocycles. The highest BCUT2D eigenvalue weighted by molar-refractivity contribution is 7.98. The van der Waals surface area contributed by atoms with E-state index < -0.39 is 9.84 Å². The molecule has 0 aliphatic heterocycles. The lowest BCUT2D eigenvalue weighted by Crippen LogP contribution is -2.38. The Hall–Kier alpha value is -1.21. The van der Waals surface area contributed by atoms with Crippen LogP contribution in [0.15, 0.2) is 34.2 Å². The van der Waals surface area contributed by atoms with Gasteiger partial charge in [-0.25, -0.2) is 8.42 Å². The Labute approximate surface area is 144 Å². The minimum Gasteiger partial charge on any atom is -0.357 e. The van der Waals surface area contributed by atoms with Crippen LogP contribution in [0.25, 0.3) is 0 Å². The Morgan fingerprint density at radius 3 is 2.43 bits per heavy atom. The Morgan fingerprint density at radius 1 is 1.26 bits per heavy atom. The fourth-order valence-electron chi connectivity index (χ4n) is 1.98. The average Bonchev–Trinajstić information content (AvgIpc) is 2.54. The highest BCUT2D eigenvalue weighted by Gasteiger charge is 2.09. The summed E-state index contributed by atoms with van der Waals surface area (Å²) in [5.74, 6) is 0.985. The number of nitrogens with one attached hydrogen (secondary N) is 1. The normalized spacial score (nSPS) is 12.3. The highest BCUT2D eigenvalue weighted by Crippen LogP contribution is 2.15. The molecule has 1 aromatic carbocycles. The van der Waals surface area contributed by atoms with E-state index in [4.69, 9.17) is 0 Å². The molecule has 1 rings (SSSR count). The first-order chi connectivity index (χ1) is 10.9. The van der Waals surface area contributed by atoms with Crippen molar-refractivity contribution in [3.63, 3.8) is 0 Å². The summed E-state index contributed by atoms with van der Waals surface area (Å²) < 4.78 is 23.1. The molecule has 0 unspecified atom stereocenters. The number of thioether (sulfide) groups is 1. The lowest BCUT2D eigenvalue weighted by Gasteiger charge is -2.22. The van der Waals surface area contributed by atoms with E-state index in [1.807, 2.05) is 18.9 Å². The molecule has 130 valence electrons. The quantitative estimate of drug-likeness (QED) is 0.439. The van der Waals surface area contributed by atoms with Crippen LogP contribution in [0.5, 0.6) is 0 Å². The lowest BCUT2D eigenvalue weighted by atomic mass is 10.2. The Kier molecular flexibility index (Phi) is 8.47. The third-order valence-electron chi connectivity index (χ3n) is 3.38. The maximum atomic E-state index is 11.6. The van der Waals surface area contributed by atoms with Gasteiger partial charge in [0.15, 0.2) is 15.8 Å². The van der Waals surface area contributed by atoms with Crippen LogP contribution in [-0.2, 0) is 16.4 Å². The van der Waals surface area contributed by atoms with E-state index in [0.717, 1.165) is 19.0 Å². The van der Waals surface area contributed by atoms with Gasteiger partial charge >= 0.3 is 0 Å². The molecule has 0 saturated carbocycles. The van der Waals surface area contributed by atoms with E-state index in [1.165, 1.54) is 10.5 Å². The van der Waals surface area contributed by atoms with Gasteiger partial charge in [-0.2, -0.15) is 0 Å². The molecule has 0 fully saturated rings. The van der Waals surface area contributed by atoms with Gasteiger partial charge in [0.1, 0.15) is 0 Å². The zero-order valence-electron chi connectivity index (χ0n) is 14.4. The van der Waals surface area contributed by atoms with Crippen molar-refractivity contribution in [3.8, 4) is 0 Å². The minimum absolute atomic E-state index is 0.0919. The first-order valence-corrected chi connectivity index (χ1v) is 10.8. The van der Waals surface area contributed by atoms with Crippen LogP contribution < -0.4 is 5.32 Å². The Morgan fingerprint density at radius 2 is 1.91 bits per heavy atom. The molecule has 0 amide bonds. The second-order valence-corrected chi connectivity index (χ2v) is 8.53. The minimum atomic E-state index is -2.98. The summed E-state index contributed by atoms with van der Waals surface area (Å²) in [6.45, 7) is 5.42. The smallest absolute Gasteiger partial charge is 0.193 e. The SMILES string of the molecule is CCNC(=NCCS(=O)(=O)CC)N(C)Cc1ccc(SC)cc1. The van der Waals surface area contributed by atoms with Gasteiger partial charge in [-0.1, -0.05) is 19.1 Å². The third kappa shape index (κ3) is 7.26. The molecule has 1 N–H and O–H groups in total. The predicted octanol–water partition coefficient (Wildman–Crippen LogP) is 2.24. The van der Waals surface area contributed by atoms with Crippen LogP contribution in [-0.4, -0.2) is 57.2 Å². The van der Waals surface area contributed by atoms with Crippen molar-refractivity contribution >= 4 is 27.6 Å². The Balaban J connectivity index is 2.70. The predicted molar refractivity (Wildman–Crippen MR) is 100.0 cm³/mol. The van der Waals surface area contributed by atoms with Gasteiger partial charge in [0.2, 0.25) is 0 Å². The molecule has 0 aromatic heterocycles. The summed E-state index contributed by atoms with van der Waals surface area (Å²) in [6, 6.07) is 8.42. The molecular weight excluding hydrogens is 330 g/mol. The van der Waals surface area contributed by atoms with Crippen molar-refractivity contribution in [3.05, 3.63) is 29.8 Å². The van der Waals surface area contributed by atoms with Gasteiger partial charge in [0, 0.05) is 30.8 Å². The maximum Gasteiger partial charge on any atom is 0.193 e. The Bertz CT molecular complexity index is 598. The van der Waals surface area contributed by atoms with Gasteiger partial charge in [0.25, 0.3) is 0 Å². The van der Waals surface area contributed by atoms with Crippen molar-refractivity contribution in [2.24, 2.45) is 4.99 Å². The van der Waals surface area contributed by atoms with Crippen LogP contribution in [0.2, 0.25) is 0 Å². The fraction of sp³-hybridized carbons (Fsp3) is 0.562. The molecule has 7 heteroatoms. The van der Waals surface area contributed by atoms with E-state index in [0.29, 0.717) is 0 Å². The zero-order chi connectivity index (χ0) is 17.3. The fourth-order valence-corrected chi connectivity index (χ4v) is 3.05. The third-order valence-corrected chi connectivity index (χ3v) is 5.81. The monoisotopic (exact) mass is 357 g/mol. The number of sulfone groups is 1. The summed E-state index contributed by atoms with van der Waals surface area (Å²) in [7, 11) is -1.02. The number of aliphatic imine (C=N–C) groups is 1. The maximum absolute atomic E-state index is 11.6. The van der Waals surface area contributed by atoms with Gasteiger partial charge < -0.3 is 10.2 Å². The molecule has 0 atom stereocenters. The lowest BCUT2D eigenvalue weighted by molar-refractivity contribution is 0.477. The van der Waals surface area contributed by atoms with E-state index in [2.05, 4.69) is 40.8 Å². The van der Waals surface area contributed by atoms with Crippen LogP contribution in [0.3, 0.4) is 0 Å². The van der Waals surface area contributed by atoms with Crippen molar-refractivity contribution < 1.29 is 8.42 Å². The summed E-state index contributed by atoms with van der Waals surface area (Å²) >= 11 is 1.72. The summed E-state index contributed by atoms with van der Waals surface area (Å²) in [5, 5.41) is 3.21. The molecule has 0 aliphatic rings. The van der Waals surface area contributed by atoms with Crippen LogP contribution in [0.4, 0.5) is 0 Å². The number of rotatable bonds is 8. The van der Waals surface area contributed by atoms with E-state index >= 15 is 0 Å². The second kappa shape index (κ2) is 9.82. The molecule has 0 saturated heterocycles. The van der Waals surface area contributed by atoms with Crippen molar-refractivity contribution in [2.75, 3.05) is 37.9 Å². The van der Waals surface area contributed by atoms with E-state index in [1.54, 1.807) is 18.7 Å². The summed E-state index contributed by atoms with van der Waals surface area (Å²) in [6.07, 6.45) is 2.06. The molecule has 0 bridgehead atoms. The van der Waals surface area contributed by atoms with E-state index in [-0.39, 0.29) is 18.1 Å². The first-order valence-electron chi connectivity index (χ1n) is 7.74. The number of nitrogens with zero attached hydrogens (tertiary/aromatic N) is 2. The summed E-state index contributed by atoms with van der Waals surface area (Å²) in [5.41, 5.74) is 1.19. The highest BCUT2D eigenvalue weighted by atomic mass is 32.2. The van der Waals surface area contributed by atoms with Crippen molar-refractivity contribution in [1.82, 2.24) is 10.2 Å². The van der Waals surface area contributed by atoms with Gasteiger partial charge in [-0.3, -0.25) is 4.99 Å². The molecule has 5 nitrogen and oxygen atoms in total. The van der Waals surface area contributed by atoms with Crippen LogP contribution in [0, 0.1) is 0 Å². The van der Waals surface area contributed by atoms with Crippen LogP contribution >= 0.6 is 11.8 Å². The van der Waals surface area contributed by atoms with Gasteiger partial charge in [0.05, 0.1) is 12.3 Å². The molecule has 0 radical (unpaired) electrons. The van der Waals surface area contributed by atoms with Crippen LogP contribution in [0.1, 0.15) is 19.4 Å². The van der Waals surface area contributed by atoms with Gasteiger partial charge in [-0.05, 0) is 30.9 Å². The largest absolute Gasteiger partial charge is 0.357 e. The van der Waals surface area contributed by atoms with E-state index in [9.17, 15) is 8.42 Å². The summed E-state index contributed by atoms with van der Waals surface area (Å²) in [4.78, 5) is 7.67. The molecular formula is C16H27N3O2S2. The average molecular weight is 358 g/mol. The topological polar surface area (TPSA) is 61.8 Å². The van der Waals surface area contributed by atoms with Gasteiger partial charge in [-0.15, -0.1) is 11.8 Å². The molecule has 1 aromatic rings. The molecule has 0 spiro atoms. The van der Waals surface area contributed by atoms with Crippen molar-refractivity contribution in [1.29, 1.82) is 0 Å². The second-order valence-electron chi connectivity index (χ2n) is 5.18. The zero-order valence-corrected chi connectivity index (χ0v) is 16.0. The number of benzene rings is 1.